The summed E-state index contributed by atoms with van der Waals surface area (Å²) in [5.41, 5.74) is -0.00554. The molecule has 1 amide bonds. The van der Waals surface area contributed by atoms with Gasteiger partial charge in [0.1, 0.15) is 5.60 Å². The zero-order valence-electron chi connectivity index (χ0n) is 12.4. The van der Waals surface area contributed by atoms with Gasteiger partial charge in [-0.1, -0.05) is 0 Å². The van der Waals surface area contributed by atoms with Gasteiger partial charge in [-0.15, -0.1) is 0 Å². The Hall–Kier alpha value is -0.770. The number of ether oxygens (including phenoxy) is 1. The van der Waals surface area contributed by atoms with Gasteiger partial charge in [-0.2, -0.15) is 0 Å². The molecule has 3 aliphatic carbocycles. The summed E-state index contributed by atoms with van der Waals surface area (Å²) in [6.45, 7) is 6.66. The first-order chi connectivity index (χ1) is 8.78. The van der Waals surface area contributed by atoms with Gasteiger partial charge in [0.25, 0.3) is 0 Å². The van der Waals surface area contributed by atoms with Crippen LogP contribution >= 0.6 is 0 Å². The molecule has 0 unspecified atom stereocenters. The zero-order chi connectivity index (χ0) is 14.1. The van der Waals surface area contributed by atoms with E-state index < -0.39 is 5.60 Å². The molecule has 3 saturated carbocycles. The number of nitrogens with one attached hydrogen (secondary N) is 1. The summed E-state index contributed by atoms with van der Waals surface area (Å²) in [5, 5.41) is 12.4. The van der Waals surface area contributed by atoms with E-state index in [4.69, 9.17) is 4.74 Å². The number of aliphatic hydroxyl groups excluding tert-OH is 1. The van der Waals surface area contributed by atoms with Crippen molar-refractivity contribution < 1.29 is 14.6 Å². The highest BCUT2D eigenvalue weighted by Crippen LogP contribution is 2.56. The zero-order valence-corrected chi connectivity index (χ0v) is 12.4. The summed E-state index contributed by atoms with van der Waals surface area (Å²) in [4.78, 5) is 11.7. The lowest BCUT2D eigenvalue weighted by atomic mass is 9.54. The molecular formula is C15H27NO3. The molecule has 0 atom stereocenters. The van der Waals surface area contributed by atoms with Crippen LogP contribution in [0, 0.1) is 10.8 Å². The molecule has 2 bridgehead atoms. The van der Waals surface area contributed by atoms with Gasteiger partial charge in [0, 0.05) is 13.2 Å². The van der Waals surface area contributed by atoms with Crippen molar-refractivity contribution in [3.8, 4) is 0 Å². The molecule has 0 saturated heterocycles. The van der Waals surface area contributed by atoms with Crippen LogP contribution in [-0.4, -0.2) is 30.0 Å². The molecule has 19 heavy (non-hydrogen) atoms. The quantitative estimate of drug-likeness (QED) is 0.828. The number of rotatable bonds is 3. The number of hydrogen-bond acceptors (Lipinski definition) is 3. The summed E-state index contributed by atoms with van der Waals surface area (Å²) >= 11 is 0. The van der Waals surface area contributed by atoms with Crippen LogP contribution in [-0.2, 0) is 4.74 Å². The van der Waals surface area contributed by atoms with Crippen molar-refractivity contribution in [2.45, 2.75) is 64.9 Å². The molecule has 0 aromatic carbocycles. The van der Waals surface area contributed by atoms with Crippen molar-refractivity contribution in [3.63, 3.8) is 0 Å². The third kappa shape index (κ3) is 3.41. The number of alkyl carbamates (subject to hydrolysis) is 1. The molecule has 3 aliphatic rings. The molecule has 4 heteroatoms. The highest BCUT2D eigenvalue weighted by molar-refractivity contribution is 5.67. The van der Waals surface area contributed by atoms with E-state index in [1.807, 2.05) is 20.8 Å². The minimum Gasteiger partial charge on any atom is -0.444 e. The number of hydrogen-bond donors (Lipinski definition) is 2. The van der Waals surface area contributed by atoms with Gasteiger partial charge in [-0.3, -0.25) is 0 Å². The first-order valence-corrected chi connectivity index (χ1v) is 7.36. The van der Waals surface area contributed by atoms with Crippen LogP contribution in [0.1, 0.15) is 59.3 Å². The second-order valence-electron chi connectivity index (χ2n) is 7.51. The standard InChI is InChI=1S/C15H27NO3/c1-13(2,3)19-12(18)16-10-14-4-7-15(11-17,8-5-14)9-6-14/h17H,4-11H2,1-3H3,(H,16,18). The van der Waals surface area contributed by atoms with Gasteiger partial charge in [-0.05, 0) is 70.1 Å². The fraction of sp³-hybridized carbons (Fsp3) is 0.933. The van der Waals surface area contributed by atoms with Gasteiger partial charge < -0.3 is 15.2 Å². The maximum absolute atomic E-state index is 11.7. The van der Waals surface area contributed by atoms with Crippen LogP contribution in [0.4, 0.5) is 4.79 Å². The average Bonchev–Trinajstić information content (AvgIpc) is 2.37. The first kappa shape index (κ1) is 14.6. The fourth-order valence-corrected chi connectivity index (χ4v) is 3.42. The third-order valence-corrected chi connectivity index (χ3v) is 4.90. The summed E-state index contributed by atoms with van der Waals surface area (Å²) in [6, 6.07) is 0. The van der Waals surface area contributed by atoms with Crippen LogP contribution in [0.15, 0.2) is 0 Å². The lowest BCUT2D eigenvalue weighted by Crippen LogP contribution is -2.49. The summed E-state index contributed by atoms with van der Waals surface area (Å²) in [6.07, 6.45) is 6.32. The number of fused-ring (bicyclic) bond motifs is 3. The molecule has 4 nitrogen and oxygen atoms in total. The van der Waals surface area contributed by atoms with E-state index >= 15 is 0 Å². The van der Waals surface area contributed by atoms with Crippen molar-refractivity contribution >= 4 is 6.09 Å². The predicted octanol–water partition coefficient (Wildman–Crippen LogP) is 2.84. The maximum Gasteiger partial charge on any atom is 0.407 e. The molecule has 3 rings (SSSR count). The molecule has 0 aromatic rings. The van der Waals surface area contributed by atoms with E-state index in [0.29, 0.717) is 13.2 Å². The van der Waals surface area contributed by atoms with Crippen LogP contribution in [0.3, 0.4) is 0 Å². The van der Waals surface area contributed by atoms with Crippen molar-refractivity contribution in [1.29, 1.82) is 0 Å². The highest BCUT2D eigenvalue weighted by Gasteiger charge is 2.48. The van der Waals surface area contributed by atoms with Crippen molar-refractivity contribution in [3.05, 3.63) is 0 Å². The van der Waals surface area contributed by atoms with E-state index in [1.54, 1.807) is 0 Å². The topological polar surface area (TPSA) is 58.6 Å². The largest absolute Gasteiger partial charge is 0.444 e. The van der Waals surface area contributed by atoms with Gasteiger partial charge in [0.15, 0.2) is 0 Å². The van der Waals surface area contributed by atoms with E-state index in [1.165, 1.54) is 0 Å². The molecule has 0 aromatic heterocycles. The normalized spacial score (nSPS) is 34.1. The minimum absolute atomic E-state index is 0.188. The number of aliphatic hydroxyl groups is 1. The molecule has 0 aliphatic heterocycles. The van der Waals surface area contributed by atoms with E-state index in [2.05, 4.69) is 5.32 Å². The lowest BCUT2D eigenvalue weighted by molar-refractivity contribution is -0.0421. The smallest absolute Gasteiger partial charge is 0.407 e. The first-order valence-electron chi connectivity index (χ1n) is 7.36. The van der Waals surface area contributed by atoms with Crippen LogP contribution < -0.4 is 5.32 Å². The minimum atomic E-state index is -0.438. The van der Waals surface area contributed by atoms with Crippen molar-refractivity contribution in [2.75, 3.05) is 13.2 Å². The van der Waals surface area contributed by atoms with Gasteiger partial charge >= 0.3 is 6.09 Å². The molecule has 0 radical (unpaired) electrons. The van der Waals surface area contributed by atoms with Gasteiger partial charge in [-0.25, -0.2) is 4.79 Å². The lowest BCUT2D eigenvalue weighted by Gasteiger charge is -2.52. The number of carbonyl (C=O) groups excluding carboxylic acids is 1. The number of amides is 1. The molecule has 0 spiro atoms. The second kappa shape index (κ2) is 4.97. The second-order valence-corrected chi connectivity index (χ2v) is 7.51. The average molecular weight is 269 g/mol. The Balaban J connectivity index is 1.83. The van der Waals surface area contributed by atoms with E-state index in [-0.39, 0.29) is 16.9 Å². The Morgan fingerprint density at radius 1 is 1.11 bits per heavy atom. The number of carbonyl (C=O) groups is 1. The van der Waals surface area contributed by atoms with Crippen LogP contribution in [0.5, 0.6) is 0 Å². The Kier molecular flexibility index (Phi) is 3.83. The summed E-state index contributed by atoms with van der Waals surface area (Å²) in [7, 11) is 0. The molecule has 2 N–H and O–H groups in total. The third-order valence-electron chi connectivity index (χ3n) is 4.90. The summed E-state index contributed by atoms with van der Waals surface area (Å²) < 4.78 is 5.28. The molecule has 0 heterocycles. The van der Waals surface area contributed by atoms with E-state index in [0.717, 1.165) is 38.5 Å². The molecular weight excluding hydrogens is 242 g/mol. The Labute approximate surface area is 115 Å². The summed E-state index contributed by atoms with van der Waals surface area (Å²) in [5.74, 6) is 0. The maximum atomic E-state index is 11.7. The molecule has 110 valence electrons. The Morgan fingerprint density at radius 3 is 2.00 bits per heavy atom. The Morgan fingerprint density at radius 2 is 1.58 bits per heavy atom. The monoisotopic (exact) mass is 269 g/mol. The van der Waals surface area contributed by atoms with Crippen molar-refractivity contribution in [2.24, 2.45) is 10.8 Å². The highest BCUT2D eigenvalue weighted by atomic mass is 16.6. The fourth-order valence-electron chi connectivity index (χ4n) is 3.42. The van der Waals surface area contributed by atoms with E-state index in [9.17, 15) is 9.90 Å². The Bertz CT molecular complexity index is 321. The SMILES string of the molecule is CC(C)(C)OC(=O)NCC12CCC(CO)(CC1)CC2. The molecule has 3 fully saturated rings. The van der Waals surface area contributed by atoms with Crippen LogP contribution in [0.25, 0.3) is 0 Å². The van der Waals surface area contributed by atoms with Crippen LogP contribution in [0.2, 0.25) is 0 Å². The van der Waals surface area contributed by atoms with Gasteiger partial charge in [0.2, 0.25) is 0 Å². The van der Waals surface area contributed by atoms with Gasteiger partial charge in [0.05, 0.1) is 0 Å². The predicted molar refractivity (Wildman–Crippen MR) is 73.9 cm³/mol. The van der Waals surface area contributed by atoms with Crippen molar-refractivity contribution in [1.82, 2.24) is 5.32 Å².